The molecule has 0 aromatic rings. The Kier molecular flexibility index (Phi) is 7.83. The van der Waals surface area contributed by atoms with Crippen LogP contribution in [0.1, 0.15) is 96.3 Å². The lowest BCUT2D eigenvalue weighted by atomic mass is 9.80. The Labute approximate surface area is 142 Å². The second kappa shape index (κ2) is 9.38. The lowest BCUT2D eigenvalue weighted by Crippen LogP contribution is -2.50. The number of ether oxygens (including phenoxy) is 1. The highest BCUT2D eigenvalue weighted by molar-refractivity contribution is 7.86. The Hall–Kier alpha value is -0.130. The predicted molar refractivity (Wildman–Crippen MR) is 93.3 cm³/mol. The van der Waals surface area contributed by atoms with E-state index in [2.05, 4.69) is 0 Å². The summed E-state index contributed by atoms with van der Waals surface area (Å²) in [7, 11) is -4.06. The molecular weight excluding hydrogens is 312 g/mol. The van der Waals surface area contributed by atoms with Crippen molar-refractivity contribution < 1.29 is 17.7 Å². The van der Waals surface area contributed by atoms with Gasteiger partial charge in [0, 0.05) is 6.61 Å². The van der Waals surface area contributed by atoms with Crippen LogP contribution in [-0.4, -0.2) is 30.4 Å². The van der Waals surface area contributed by atoms with Gasteiger partial charge in [0.1, 0.15) is 5.25 Å². The molecule has 1 aliphatic carbocycles. The van der Waals surface area contributed by atoms with Crippen LogP contribution >= 0.6 is 0 Å². The Morgan fingerprint density at radius 3 is 1.78 bits per heavy atom. The maximum Gasteiger partial charge on any atom is 0.270 e. The van der Waals surface area contributed by atoms with Gasteiger partial charge in [-0.05, 0) is 25.7 Å². The van der Waals surface area contributed by atoms with Gasteiger partial charge in [-0.3, -0.25) is 4.55 Å². The Morgan fingerprint density at radius 1 is 0.739 bits per heavy atom. The highest BCUT2D eigenvalue weighted by atomic mass is 32.2. The zero-order valence-corrected chi connectivity index (χ0v) is 15.3. The van der Waals surface area contributed by atoms with Crippen molar-refractivity contribution in [3.05, 3.63) is 0 Å². The van der Waals surface area contributed by atoms with Crippen LogP contribution in [0.5, 0.6) is 0 Å². The Bertz CT molecular complexity index is 426. The van der Waals surface area contributed by atoms with Crippen LogP contribution in [0, 0.1) is 0 Å². The molecule has 1 unspecified atom stereocenters. The van der Waals surface area contributed by atoms with E-state index in [4.69, 9.17) is 4.74 Å². The second-order valence-corrected chi connectivity index (χ2v) is 9.05. The minimum atomic E-state index is -4.06. The Morgan fingerprint density at radius 2 is 1.22 bits per heavy atom. The topological polar surface area (TPSA) is 63.6 Å². The first kappa shape index (κ1) is 19.2. The Balaban J connectivity index is 2.11. The van der Waals surface area contributed by atoms with Gasteiger partial charge in [0.05, 0.1) is 5.60 Å². The quantitative estimate of drug-likeness (QED) is 0.688. The first-order valence-corrected chi connectivity index (χ1v) is 11.2. The summed E-state index contributed by atoms with van der Waals surface area (Å²) < 4.78 is 40.2. The third-order valence-electron chi connectivity index (χ3n) is 5.65. The van der Waals surface area contributed by atoms with Crippen LogP contribution in [0.25, 0.3) is 0 Å². The van der Waals surface area contributed by atoms with Crippen molar-refractivity contribution in [3.8, 4) is 0 Å². The van der Waals surface area contributed by atoms with Crippen LogP contribution in [0.2, 0.25) is 0 Å². The lowest BCUT2D eigenvalue weighted by Gasteiger charge is -2.42. The molecule has 1 atom stereocenters. The van der Waals surface area contributed by atoms with E-state index in [0.717, 1.165) is 57.8 Å². The van der Waals surface area contributed by atoms with Gasteiger partial charge in [-0.1, -0.05) is 70.6 Å². The van der Waals surface area contributed by atoms with Crippen LogP contribution in [0.3, 0.4) is 0 Å². The van der Waals surface area contributed by atoms with Crippen LogP contribution < -0.4 is 0 Å². The summed E-state index contributed by atoms with van der Waals surface area (Å²) in [5.74, 6) is 0. The smallest absolute Gasteiger partial charge is 0.270 e. The zero-order valence-electron chi connectivity index (χ0n) is 14.5. The third kappa shape index (κ3) is 6.02. The van der Waals surface area contributed by atoms with E-state index in [1.165, 1.54) is 32.1 Å². The minimum absolute atomic E-state index is 0.541. The first-order valence-electron chi connectivity index (χ1n) is 9.65. The summed E-state index contributed by atoms with van der Waals surface area (Å²) >= 11 is 0. The molecule has 2 aliphatic rings. The normalized spacial score (nSPS) is 29.0. The molecule has 0 radical (unpaired) electrons. The molecule has 1 saturated carbocycles. The van der Waals surface area contributed by atoms with E-state index in [0.29, 0.717) is 13.0 Å². The van der Waals surface area contributed by atoms with E-state index < -0.39 is 21.0 Å². The van der Waals surface area contributed by atoms with Crippen molar-refractivity contribution in [1.29, 1.82) is 0 Å². The van der Waals surface area contributed by atoms with Gasteiger partial charge in [0.15, 0.2) is 0 Å². The highest BCUT2D eigenvalue weighted by Crippen LogP contribution is 2.39. The van der Waals surface area contributed by atoms with Gasteiger partial charge >= 0.3 is 0 Å². The molecule has 136 valence electrons. The van der Waals surface area contributed by atoms with Gasteiger partial charge in [-0.2, -0.15) is 8.42 Å². The molecule has 23 heavy (non-hydrogen) atoms. The maximum absolute atomic E-state index is 12.1. The molecule has 1 N–H and O–H groups in total. The fourth-order valence-electron chi connectivity index (χ4n) is 4.34. The molecule has 1 heterocycles. The van der Waals surface area contributed by atoms with Crippen molar-refractivity contribution in [3.63, 3.8) is 0 Å². The van der Waals surface area contributed by atoms with Crippen molar-refractivity contribution in [1.82, 2.24) is 0 Å². The van der Waals surface area contributed by atoms with Crippen molar-refractivity contribution >= 4 is 10.1 Å². The molecule has 0 amide bonds. The third-order valence-corrected chi connectivity index (χ3v) is 7.03. The maximum atomic E-state index is 12.1. The molecular formula is C18H34O4S. The first-order chi connectivity index (χ1) is 11.0. The predicted octanol–water partition coefficient (Wildman–Crippen LogP) is 4.88. The fraction of sp³-hybridized carbons (Fsp3) is 1.00. The largest absolute Gasteiger partial charge is 0.374 e. The summed E-state index contributed by atoms with van der Waals surface area (Å²) in [6.45, 7) is 0.631. The number of hydrogen-bond donors (Lipinski definition) is 1. The minimum Gasteiger partial charge on any atom is -0.374 e. The van der Waals surface area contributed by atoms with Crippen molar-refractivity contribution in [2.24, 2.45) is 0 Å². The molecule has 4 nitrogen and oxygen atoms in total. The molecule has 0 aromatic heterocycles. The van der Waals surface area contributed by atoms with Crippen molar-refractivity contribution in [2.75, 3.05) is 6.61 Å². The van der Waals surface area contributed by atoms with E-state index in [1.54, 1.807) is 0 Å². The van der Waals surface area contributed by atoms with E-state index >= 15 is 0 Å². The summed E-state index contributed by atoms with van der Waals surface area (Å²) in [6, 6.07) is 0. The molecule has 2 fully saturated rings. The fourth-order valence-corrected chi connectivity index (χ4v) is 5.65. The van der Waals surface area contributed by atoms with Crippen LogP contribution in [0.15, 0.2) is 0 Å². The van der Waals surface area contributed by atoms with Gasteiger partial charge in [0.25, 0.3) is 10.1 Å². The molecule has 0 aromatic carbocycles. The van der Waals surface area contributed by atoms with Gasteiger partial charge in [0.2, 0.25) is 0 Å². The molecule has 2 rings (SSSR count). The molecule has 1 aliphatic heterocycles. The number of hydrogen-bond acceptors (Lipinski definition) is 3. The lowest BCUT2D eigenvalue weighted by molar-refractivity contribution is -0.0764. The standard InChI is InChI=1S/C18H34O4S/c19-23(20,21)17-13-9-6-4-2-1-3-5-7-12-16-22-18(17)14-10-8-11-15-18/h17H,1-16H2,(H,19,20,21). The monoisotopic (exact) mass is 346 g/mol. The average molecular weight is 347 g/mol. The van der Waals surface area contributed by atoms with Crippen LogP contribution in [0.4, 0.5) is 0 Å². The summed E-state index contributed by atoms with van der Waals surface area (Å²) in [4.78, 5) is 0. The SMILES string of the molecule is O=S(=O)(O)C1CCCCCCCCCCCOC12CCCCC2. The van der Waals surface area contributed by atoms with Crippen molar-refractivity contribution in [2.45, 2.75) is 107 Å². The van der Waals surface area contributed by atoms with E-state index in [9.17, 15) is 13.0 Å². The summed E-state index contributed by atoms with van der Waals surface area (Å²) in [5, 5.41) is -0.738. The van der Waals surface area contributed by atoms with Gasteiger partial charge in [-0.25, -0.2) is 0 Å². The molecule has 1 spiro atoms. The van der Waals surface area contributed by atoms with E-state index in [-0.39, 0.29) is 0 Å². The zero-order chi connectivity index (χ0) is 16.6. The van der Waals surface area contributed by atoms with Crippen LogP contribution in [-0.2, 0) is 14.9 Å². The summed E-state index contributed by atoms with van der Waals surface area (Å²) in [5.41, 5.74) is -0.643. The molecule has 1 saturated heterocycles. The highest BCUT2D eigenvalue weighted by Gasteiger charge is 2.46. The molecule has 5 heteroatoms. The summed E-state index contributed by atoms with van der Waals surface area (Å²) in [6.07, 6.45) is 15.6. The van der Waals surface area contributed by atoms with Gasteiger partial charge < -0.3 is 4.74 Å². The van der Waals surface area contributed by atoms with Gasteiger partial charge in [-0.15, -0.1) is 0 Å². The number of rotatable bonds is 1. The molecule has 0 bridgehead atoms. The second-order valence-electron chi connectivity index (χ2n) is 7.45. The average Bonchev–Trinajstić information content (AvgIpc) is 2.51. The van der Waals surface area contributed by atoms with E-state index in [1.807, 2.05) is 0 Å².